The number of aliphatic hydroxyl groups excluding tert-OH is 3. The number of aromatic hydroxyl groups is 1. The van der Waals surface area contributed by atoms with Crippen molar-refractivity contribution in [3.63, 3.8) is 0 Å². The minimum absolute atomic E-state index is 0.0989. The van der Waals surface area contributed by atoms with E-state index in [9.17, 15) is 39.9 Å². The largest absolute Gasteiger partial charge is 0.508 e. The first-order chi connectivity index (χ1) is 17.9. The van der Waals surface area contributed by atoms with E-state index in [1.165, 1.54) is 25.1 Å². The maximum atomic E-state index is 14.1. The van der Waals surface area contributed by atoms with Crippen molar-refractivity contribution in [3.05, 3.63) is 82.1 Å². The molecule has 7 N–H and O–H groups in total. The van der Waals surface area contributed by atoms with E-state index in [2.05, 4.69) is 0 Å². The van der Waals surface area contributed by atoms with Crippen molar-refractivity contribution in [1.29, 1.82) is 0 Å². The molecule has 38 heavy (non-hydrogen) atoms. The third-order valence-corrected chi connectivity index (χ3v) is 7.65. The number of phenols is 1. The third-order valence-electron chi connectivity index (χ3n) is 7.65. The Kier molecular flexibility index (Phi) is 5.79. The average molecular weight is 519 g/mol. The zero-order chi connectivity index (χ0) is 27.7. The topological polar surface area (TPSA) is 182 Å². The smallest absolute Gasteiger partial charge is 0.255 e. The normalized spacial score (nSPS) is 29.9. The first-order valence-electron chi connectivity index (χ1n) is 11.8. The van der Waals surface area contributed by atoms with Gasteiger partial charge < -0.3 is 31.3 Å². The second-order valence-electron chi connectivity index (χ2n) is 9.92. The van der Waals surface area contributed by atoms with Gasteiger partial charge in [-0.15, -0.1) is 0 Å². The summed E-state index contributed by atoms with van der Waals surface area (Å²) in [5.41, 5.74) is 2.19. The van der Waals surface area contributed by atoms with Gasteiger partial charge in [-0.25, -0.2) is 0 Å². The number of fused-ring (bicyclic) bond motifs is 3. The molecular weight excluding hydrogens is 492 g/mol. The standard InChI is InChI=1S/C28H26N2O8/c1-30(2)21-20-23(33)17-14(11-12-7-4-3-5-8-12)13-9-6-10-15(31)16(13)22(32)18(17)25(35)28(20,38)26(36)19(24(21)34)27(29)37/h3-11,17,20-21,23,31-33,36,38H,1-2H3,(H2,29,37)/b14-11+/t17-,20-,21+,23+,28+/m1/s1. The van der Waals surface area contributed by atoms with Crippen LogP contribution in [-0.4, -0.2) is 79.7 Å². The lowest BCUT2D eigenvalue weighted by molar-refractivity contribution is -0.166. The molecule has 0 heterocycles. The Balaban J connectivity index is 1.86. The molecule has 0 unspecified atom stereocenters. The predicted molar refractivity (Wildman–Crippen MR) is 136 cm³/mol. The van der Waals surface area contributed by atoms with Crippen LogP contribution in [0.25, 0.3) is 17.4 Å². The van der Waals surface area contributed by atoms with E-state index in [0.29, 0.717) is 16.7 Å². The number of Topliss-reactive ketones (excluding diaryl/α,β-unsaturated/α-hetero) is 2. The van der Waals surface area contributed by atoms with Crippen molar-refractivity contribution >= 4 is 34.9 Å². The quantitative estimate of drug-likeness (QED) is 0.322. The molecule has 0 bridgehead atoms. The number of ketones is 2. The van der Waals surface area contributed by atoms with Gasteiger partial charge in [0.15, 0.2) is 11.4 Å². The summed E-state index contributed by atoms with van der Waals surface area (Å²) in [6, 6.07) is 12.0. The average Bonchev–Trinajstić information content (AvgIpc) is 2.86. The van der Waals surface area contributed by atoms with E-state index < -0.39 is 69.7 Å². The molecule has 1 amide bonds. The van der Waals surface area contributed by atoms with E-state index in [1.54, 1.807) is 48.5 Å². The number of likely N-dealkylation sites (N-methyl/N-ethyl adjacent to an activating group) is 1. The fourth-order valence-corrected chi connectivity index (χ4v) is 6.04. The lowest BCUT2D eigenvalue weighted by Crippen LogP contribution is -2.70. The summed E-state index contributed by atoms with van der Waals surface area (Å²) in [5, 5.41) is 56.5. The van der Waals surface area contributed by atoms with Crippen molar-refractivity contribution in [2.24, 2.45) is 17.6 Å². The van der Waals surface area contributed by atoms with Crippen LogP contribution in [0.4, 0.5) is 0 Å². The number of nitrogens with two attached hydrogens (primary N) is 1. The van der Waals surface area contributed by atoms with Crippen LogP contribution in [0.1, 0.15) is 16.7 Å². The molecule has 3 aliphatic carbocycles. The lowest BCUT2D eigenvalue weighted by Gasteiger charge is -2.53. The number of hydrogen-bond donors (Lipinski definition) is 6. The molecule has 10 nitrogen and oxygen atoms in total. The van der Waals surface area contributed by atoms with Crippen LogP contribution in [0.5, 0.6) is 5.75 Å². The van der Waals surface area contributed by atoms with Crippen molar-refractivity contribution in [2.75, 3.05) is 14.1 Å². The van der Waals surface area contributed by atoms with Gasteiger partial charge >= 0.3 is 0 Å². The molecule has 1 fully saturated rings. The second kappa shape index (κ2) is 8.66. The highest BCUT2D eigenvalue weighted by Gasteiger charge is 2.68. The van der Waals surface area contributed by atoms with Gasteiger partial charge in [0.1, 0.15) is 22.8 Å². The van der Waals surface area contributed by atoms with Gasteiger partial charge in [0.05, 0.1) is 29.2 Å². The number of phenolic OH excluding ortho intramolecular Hbond substituents is 1. The molecule has 10 heteroatoms. The number of hydrogen-bond acceptors (Lipinski definition) is 9. The third kappa shape index (κ3) is 3.27. The van der Waals surface area contributed by atoms with Crippen molar-refractivity contribution in [2.45, 2.75) is 17.7 Å². The van der Waals surface area contributed by atoms with Crippen LogP contribution in [0.3, 0.4) is 0 Å². The number of primary amides is 1. The summed E-state index contributed by atoms with van der Waals surface area (Å²) in [6.07, 6.45) is -0.0379. The van der Waals surface area contributed by atoms with Crippen molar-refractivity contribution < 1.29 is 39.9 Å². The van der Waals surface area contributed by atoms with Gasteiger partial charge in [-0.3, -0.25) is 19.3 Å². The number of carbonyl (C=O) groups is 3. The first kappa shape index (κ1) is 25.4. The van der Waals surface area contributed by atoms with E-state index in [1.807, 2.05) is 0 Å². The number of benzene rings is 2. The van der Waals surface area contributed by atoms with Crippen molar-refractivity contribution in [3.8, 4) is 5.75 Å². The Hall–Kier alpha value is -4.25. The Bertz CT molecular complexity index is 1490. The minimum Gasteiger partial charge on any atom is -0.508 e. The van der Waals surface area contributed by atoms with Crippen LogP contribution < -0.4 is 5.73 Å². The molecule has 0 aromatic heterocycles. The van der Waals surface area contributed by atoms with E-state index in [0.717, 1.165) is 0 Å². The van der Waals surface area contributed by atoms with E-state index in [-0.39, 0.29) is 11.3 Å². The number of amides is 1. The molecule has 3 aliphatic rings. The number of carbonyl (C=O) groups excluding carboxylic acids is 3. The zero-order valence-corrected chi connectivity index (χ0v) is 20.5. The summed E-state index contributed by atoms with van der Waals surface area (Å²) >= 11 is 0. The van der Waals surface area contributed by atoms with Crippen molar-refractivity contribution in [1.82, 2.24) is 4.90 Å². The molecule has 2 aromatic rings. The van der Waals surface area contributed by atoms with Crippen LogP contribution >= 0.6 is 0 Å². The summed E-state index contributed by atoms with van der Waals surface area (Å²) in [7, 11) is 2.91. The van der Waals surface area contributed by atoms with Gasteiger partial charge in [-0.05, 0) is 36.9 Å². The van der Waals surface area contributed by atoms with Gasteiger partial charge in [-0.2, -0.15) is 0 Å². The second-order valence-corrected chi connectivity index (χ2v) is 9.92. The maximum Gasteiger partial charge on any atom is 0.255 e. The molecule has 0 aliphatic heterocycles. The van der Waals surface area contributed by atoms with Gasteiger partial charge in [0.2, 0.25) is 5.78 Å². The predicted octanol–water partition coefficient (Wildman–Crippen LogP) is 0.933. The molecule has 0 saturated heterocycles. The van der Waals surface area contributed by atoms with Gasteiger partial charge in [0, 0.05) is 5.92 Å². The molecule has 0 radical (unpaired) electrons. The van der Waals surface area contributed by atoms with Crippen LogP contribution in [0.2, 0.25) is 0 Å². The lowest BCUT2D eigenvalue weighted by atomic mass is 9.55. The van der Waals surface area contributed by atoms with Gasteiger partial charge in [0.25, 0.3) is 5.91 Å². The van der Waals surface area contributed by atoms with E-state index in [4.69, 9.17) is 5.73 Å². The Morgan fingerprint density at radius 2 is 1.68 bits per heavy atom. The minimum atomic E-state index is -2.97. The Morgan fingerprint density at radius 3 is 2.29 bits per heavy atom. The zero-order valence-electron chi connectivity index (χ0n) is 20.5. The number of aliphatic hydroxyl groups is 4. The Labute approximate surface area is 217 Å². The molecule has 196 valence electrons. The van der Waals surface area contributed by atoms with Crippen LogP contribution in [0.15, 0.2) is 65.4 Å². The van der Waals surface area contributed by atoms with Gasteiger partial charge in [-0.1, -0.05) is 48.5 Å². The van der Waals surface area contributed by atoms with E-state index >= 15 is 0 Å². The summed E-state index contributed by atoms with van der Waals surface area (Å²) in [4.78, 5) is 40.8. The fourth-order valence-electron chi connectivity index (χ4n) is 6.04. The molecule has 0 spiro atoms. The molecular formula is C28H26N2O8. The number of nitrogens with zero attached hydrogens (tertiary/aromatic N) is 1. The SMILES string of the molecule is CN(C)[C@@H]1C(=O)C(C(N)=O)=C(O)[C@@]2(O)C(=O)C3=C(O)c4c(O)cccc4/C(=C\c4ccccc4)[C@H]3[C@H](O)[C@@H]12. The van der Waals surface area contributed by atoms with Crippen LogP contribution in [-0.2, 0) is 14.4 Å². The molecule has 5 rings (SSSR count). The monoisotopic (exact) mass is 518 g/mol. The summed E-state index contributed by atoms with van der Waals surface area (Å²) in [6.45, 7) is 0. The number of rotatable bonds is 3. The molecule has 1 saturated carbocycles. The maximum absolute atomic E-state index is 14.1. The first-order valence-corrected chi connectivity index (χ1v) is 11.8. The molecule has 2 aromatic carbocycles. The fraction of sp³-hybridized carbons (Fsp3) is 0.250. The highest BCUT2D eigenvalue weighted by Crippen LogP contribution is 2.56. The highest BCUT2D eigenvalue weighted by molar-refractivity contribution is 6.25. The highest BCUT2D eigenvalue weighted by atomic mass is 16.4. The Morgan fingerprint density at radius 1 is 1.03 bits per heavy atom. The summed E-state index contributed by atoms with van der Waals surface area (Å²) in [5.74, 6) is -8.78. The summed E-state index contributed by atoms with van der Waals surface area (Å²) < 4.78 is 0. The van der Waals surface area contributed by atoms with Crippen LogP contribution in [0, 0.1) is 11.8 Å². The molecule has 5 atom stereocenters.